The molecule has 4 N–H and O–H groups in total. The first kappa shape index (κ1) is 8.55. The van der Waals surface area contributed by atoms with Crippen LogP contribution in [0.1, 0.15) is 5.56 Å². The summed E-state index contributed by atoms with van der Waals surface area (Å²) >= 11 is 0. The number of aromatic amines is 2. The Morgan fingerprint density at radius 1 is 1.50 bits per heavy atom. The van der Waals surface area contributed by atoms with Gasteiger partial charge in [-0.1, -0.05) is 0 Å². The van der Waals surface area contributed by atoms with Crippen LogP contribution in [0, 0.1) is 6.92 Å². The lowest BCUT2D eigenvalue weighted by atomic mass is 10.3. The number of rotatable bonds is 1. The van der Waals surface area contributed by atoms with Gasteiger partial charge in [0.1, 0.15) is 5.82 Å². The number of nitrogen functional groups attached to an aromatic ring is 1. The van der Waals surface area contributed by atoms with Gasteiger partial charge in [-0.05, 0) is 19.1 Å². The van der Waals surface area contributed by atoms with Crippen LogP contribution in [-0.4, -0.2) is 15.0 Å². The molecule has 2 heterocycles. The molecule has 2 aromatic rings. The Balaban J connectivity index is 2.63. The van der Waals surface area contributed by atoms with Crippen molar-refractivity contribution in [2.75, 3.05) is 5.73 Å². The first-order valence-electron chi connectivity index (χ1n) is 4.18. The van der Waals surface area contributed by atoms with Crippen molar-refractivity contribution in [2.24, 2.45) is 0 Å². The molecule has 2 aromatic heterocycles. The van der Waals surface area contributed by atoms with Crippen molar-refractivity contribution in [3.05, 3.63) is 34.2 Å². The first-order chi connectivity index (χ1) is 6.68. The highest BCUT2D eigenvalue weighted by molar-refractivity contribution is 5.52. The van der Waals surface area contributed by atoms with Crippen LogP contribution in [0.2, 0.25) is 0 Å². The quantitative estimate of drug-likeness (QED) is 0.617. The Morgan fingerprint density at radius 2 is 2.29 bits per heavy atom. The molecule has 0 unspecified atom stereocenters. The predicted octanol–water partition coefficient (Wildman–Crippen LogP) is 0.656. The van der Waals surface area contributed by atoms with Crippen molar-refractivity contribution in [1.82, 2.24) is 15.0 Å². The van der Waals surface area contributed by atoms with Crippen molar-refractivity contribution >= 4 is 5.82 Å². The molecule has 0 amide bonds. The number of hydrogen-bond acceptors (Lipinski definition) is 3. The number of nitrogens with two attached hydrogens (primary N) is 1. The second-order valence-corrected chi connectivity index (χ2v) is 3.01. The molecule has 5 nitrogen and oxygen atoms in total. The first-order valence-corrected chi connectivity index (χ1v) is 4.18. The number of anilines is 1. The lowest BCUT2D eigenvalue weighted by Gasteiger charge is -2.01. The van der Waals surface area contributed by atoms with E-state index in [4.69, 9.17) is 5.73 Å². The average molecular weight is 190 g/mol. The number of nitrogens with zero attached hydrogens (tertiary/aromatic N) is 1. The predicted molar refractivity (Wildman–Crippen MR) is 53.8 cm³/mol. The Morgan fingerprint density at radius 3 is 2.86 bits per heavy atom. The van der Waals surface area contributed by atoms with Gasteiger partial charge in [0.2, 0.25) is 0 Å². The zero-order valence-corrected chi connectivity index (χ0v) is 7.66. The number of aromatic nitrogens is 3. The summed E-state index contributed by atoms with van der Waals surface area (Å²) in [6, 6.07) is 3.64. The van der Waals surface area contributed by atoms with Crippen LogP contribution in [0.5, 0.6) is 0 Å². The minimum atomic E-state index is -0.206. The molecular weight excluding hydrogens is 180 g/mol. The molecule has 2 rings (SSSR count). The zero-order valence-electron chi connectivity index (χ0n) is 7.66. The molecule has 0 saturated carbocycles. The molecule has 0 aliphatic heterocycles. The van der Waals surface area contributed by atoms with Gasteiger partial charge in [-0.3, -0.25) is 4.79 Å². The SMILES string of the molecule is Cc1c(N)nc(-c2ccc[nH]2)[nH]c1=O. The number of H-pyrrole nitrogens is 2. The largest absolute Gasteiger partial charge is 0.383 e. The summed E-state index contributed by atoms with van der Waals surface area (Å²) in [4.78, 5) is 21.0. The van der Waals surface area contributed by atoms with E-state index >= 15 is 0 Å². The molecule has 0 aromatic carbocycles. The maximum Gasteiger partial charge on any atom is 0.256 e. The van der Waals surface area contributed by atoms with Gasteiger partial charge in [0.15, 0.2) is 5.82 Å². The molecule has 0 fully saturated rings. The lowest BCUT2D eigenvalue weighted by molar-refractivity contribution is 1.08. The van der Waals surface area contributed by atoms with E-state index in [1.807, 2.05) is 12.1 Å². The minimum Gasteiger partial charge on any atom is -0.383 e. The summed E-state index contributed by atoms with van der Waals surface area (Å²) in [5.74, 6) is 0.724. The molecule has 0 aliphatic rings. The average Bonchev–Trinajstić information content (AvgIpc) is 2.66. The van der Waals surface area contributed by atoms with Crippen LogP contribution in [0.4, 0.5) is 5.82 Å². The zero-order chi connectivity index (χ0) is 10.1. The summed E-state index contributed by atoms with van der Waals surface area (Å²) in [7, 11) is 0. The molecular formula is C9H10N4O. The van der Waals surface area contributed by atoms with Gasteiger partial charge in [-0.2, -0.15) is 0 Å². The van der Waals surface area contributed by atoms with Crippen molar-refractivity contribution in [1.29, 1.82) is 0 Å². The second kappa shape index (κ2) is 3.02. The van der Waals surface area contributed by atoms with Crippen LogP contribution < -0.4 is 11.3 Å². The van der Waals surface area contributed by atoms with Gasteiger partial charge < -0.3 is 15.7 Å². The highest BCUT2D eigenvalue weighted by Gasteiger charge is 2.05. The third-order valence-electron chi connectivity index (χ3n) is 2.04. The third-order valence-corrected chi connectivity index (χ3v) is 2.04. The standard InChI is InChI=1S/C9H10N4O/c1-5-7(10)12-8(13-9(5)14)6-3-2-4-11-6/h2-4,11H,1H3,(H3,10,12,13,14). The fourth-order valence-corrected chi connectivity index (χ4v) is 1.16. The molecule has 14 heavy (non-hydrogen) atoms. The summed E-state index contributed by atoms with van der Waals surface area (Å²) in [6.07, 6.45) is 1.76. The lowest BCUT2D eigenvalue weighted by Crippen LogP contribution is -2.15. The molecule has 0 aliphatic carbocycles. The van der Waals surface area contributed by atoms with Gasteiger partial charge in [-0.15, -0.1) is 0 Å². The summed E-state index contributed by atoms with van der Waals surface area (Å²) < 4.78 is 0. The van der Waals surface area contributed by atoms with E-state index in [0.29, 0.717) is 11.4 Å². The van der Waals surface area contributed by atoms with E-state index in [2.05, 4.69) is 15.0 Å². The van der Waals surface area contributed by atoms with Gasteiger partial charge >= 0.3 is 0 Å². The maximum atomic E-state index is 11.4. The number of nitrogens with one attached hydrogen (secondary N) is 2. The highest BCUT2D eigenvalue weighted by Crippen LogP contribution is 2.11. The van der Waals surface area contributed by atoms with Gasteiger partial charge in [0.05, 0.1) is 11.3 Å². The van der Waals surface area contributed by atoms with Crippen molar-refractivity contribution in [2.45, 2.75) is 6.92 Å². The van der Waals surface area contributed by atoms with E-state index in [1.54, 1.807) is 13.1 Å². The van der Waals surface area contributed by atoms with Crippen LogP contribution >= 0.6 is 0 Å². The van der Waals surface area contributed by atoms with Gasteiger partial charge in [-0.25, -0.2) is 4.98 Å². The van der Waals surface area contributed by atoms with E-state index in [9.17, 15) is 4.79 Å². The van der Waals surface area contributed by atoms with Crippen LogP contribution in [0.3, 0.4) is 0 Å². The van der Waals surface area contributed by atoms with E-state index in [0.717, 1.165) is 5.69 Å². The molecule has 0 saturated heterocycles. The second-order valence-electron chi connectivity index (χ2n) is 3.01. The molecule has 0 atom stereocenters. The normalized spacial score (nSPS) is 10.4. The smallest absolute Gasteiger partial charge is 0.256 e. The Labute approximate surface area is 80.0 Å². The minimum absolute atomic E-state index is 0.206. The monoisotopic (exact) mass is 190 g/mol. The Kier molecular flexibility index (Phi) is 1.85. The molecule has 0 spiro atoms. The fourth-order valence-electron chi connectivity index (χ4n) is 1.16. The fraction of sp³-hybridized carbons (Fsp3) is 0.111. The van der Waals surface area contributed by atoms with Crippen LogP contribution in [0.15, 0.2) is 23.1 Å². The van der Waals surface area contributed by atoms with Crippen LogP contribution in [0.25, 0.3) is 11.5 Å². The summed E-state index contributed by atoms with van der Waals surface area (Å²) in [5, 5.41) is 0. The van der Waals surface area contributed by atoms with Gasteiger partial charge in [0.25, 0.3) is 5.56 Å². The van der Waals surface area contributed by atoms with Crippen molar-refractivity contribution < 1.29 is 0 Å². The van der Waals surface area contributed by atoms with Crippen molar-refractivity contribution in [3.8, 4) is 11.5 Å². The molecule has 0 bridgehead atoms. The summed E-state index contributed by atoms with van der Waals surface area (Å²) in [5.41, 5.74) is 6.57. The summed E-state index contributed by atoms with van der Waals surface area (Å²) in [6.45, 7) is 1.64. The highest BCUT2D eigenvalue weighted by atomic mass is 16.1. The Bertz CT molecular complexity index is 498. The third kappa shape index (κ3) is 1.28. The topological polar surface area (TPSA) is 87.6 Å². The van der Waals surface area contributed by atoms with Crippen LogP contribution in [-0.2, 0) is 0 Å². The molecule has 0 radical (unpaired) electrons. The molecule has 5 heteroatoms. The van der Waals surface area contributed by atoms with E-state index in [1.165, 1.54) is 0 Å². The molecule has 72 valence electrons. The van der Waals surface area contributed by atoms with Gasteiger partial charge in [0, 0.05) is 6.20 Å². The van der Waals surface area contributed by atoms with E-state index in [-0.39, 0.29) is 11.4 Å². The number of hydrogen-bond donors (Lipinski definition) is 3. The van der Waals surface area contributed by atoms with E-state index < -0.39 is 0 Å². The van der Waals surface area contributed by atoms with Crippen molar-refractivity contribution in [3.63, 3.8) is 0 Å². The maximum absolute atomic E-state index is 11.4. The Hall–Kier alpha value is -2.04.